The third kappa shape index (κ3) is 14.6. The molecule has 22 heteroatoms. The van der Waals surface area contributed by atoms with E-state index in [9.17, 15) is 41.9 Å². The molecule has 74 heavy (non-hydrogen) atoms. The number of anilines is 1. The van der Waals surface area contributed by atoms with E-state index in [4.69, 9.17) is 9.47 Å². The molecule has 3 aromatic rings. The zero-order valence-electron chi connectivity index (χ0n) is 42.8. The monoisotopic (exact) mass is 1040 g/mol. The Kier molecular flexibility index (Phi) is 19.6. The van der Waals surface area contributed by atoms with Crippen LogP contribution >= 0.6 is 0 Å². The zero-order valence-corrected chi connectivity index (χ0v) is 42.8. The first-order chi connectivity index (χ1) is 35.5. The summed E-state index contributed by atoms with van der Waals surface area (Å²) in [5.74, 6) is -1.49. The van der Waals surface area contributed by atoms with E-state index in [1.54, 1.807) is 30.4 Å². The van der Waals surface area contributed by atoms with E-state index in [-0.39, 0.29) is 134 Å². The van der Waals surface area contributed by atoms with E-state index in [1.807, 2.05) is 11.0 Å². The van der Waals surface area contributed by atoms with Crippen LogP contribution in [0.25, 0.3) is 10.9 Å². The molecule has 4 fully saturated rings. The lowest BCUT2D eigenvalue weighted by molar-refractivity contribution is -0.137. The summed E-state index contributed by atoms with van der Waals surface area (Å²) < 4.78 is 52.0. The number of nitrogens with zero attached hydrogens (tertiary/aromatic N) is 6. The quantitative estimate of drug-likeness (QED) is 0.0843. The summed E-state index contributed by atoms with van der Waals surface area (Å²) in [4.78, 5) is 96.6. The van der Waals surface area contributed by atoms with E-state index >= 15 is 0 Å². The largest absolute Gasteiger partial charge is 0.416 e. The highest BCUT2D eigenvalue weighted by atomic mass is 19.4. The molecule has 1 aromatic carbocycles. The average molecular weight is 1040 g/mol. The van der Waals surface area contributed by atoms with Gasteiger partial charge in [-0.05, 0) is 109 Å². The number of likely N-dealkylation sites (tertiary alicyclic amines) is 2. The second-order valence-corrected chi connectivity index (χ2v) is 20.3. The van der Waals surface area contributed by atoms with Gasteiger partial charge in [0.15, 0.2) is 0 Å². The SMILES string of the molecule is CC(C)N(C)[C@@H]1CC[C@H](N2CC[C@H](Nc3ncnc4ccc(C(F)(F)F)cc34)C2=O)[C@H](NC(=O)C2CCC(NC(=O)CCOCCNC(=O)CCOCCCNC(=O)[C@H]3CC(=O)N(C)[C@@H]3c3cccnc3)CC2)C1. The van der Waals surface area contributed by atoms with Crippen LogP contribution in [0.3, 0.4) is 0 Å². The van der Waals surface area contributed by atoms with Crippen LogP contribution in [0.4, 0.5) is 19.0 Å². The zero-order chi connectivity index (χ0) is 52.9. The molecule has 0 unspecified atom stereocenters. The summed E-state index contributed by atoms with van der Waals surface area (Å²) >= 11 is 0. The minimum Gasteiger partial charge on any atom is -0.381 e. The molecule has 19 nitrogen and oxygen atoms in total. The van der Waals surface area contributed by atoms with Gasteiger partial charge in [-0.1, -0.05) is 6.07 Å². The van der Waals surface area contributed by atoms with Gasteiger partial charge in [-0.3, -0.25) is 33.8 Å². The fourth-order valence-corrected chi connectivity index (χ4v) is 10.7. The van der Waals surface area contributed by atoms with Crippen molar-refractivity contribution in [2.75, 3.05) is 65.5 Å². The van der Waals surface area contributed by atoms with Gasteiger partial charge >= 0.3 is 6.18 Å². The summed E-state index contributed by atoms with van der Waals surface area (Å²) in [7, 11) is 3.77. The molecule has 4 aliphatic rings. The van der Waals surface area contributed by atoms with Crippen molar-refractivity contribution < 1.29 is 51.4 Å². The van der Waals surface area contributed by atoms with Crippen molar-refractivity contribution in [1.29, 1.82) is 0 Å². The molecule has 0 spiro atoms. The molecule has 2 aliphatic heterocycles. The van der Waals surface area contributed by atoms with Crippen LogP contribution in [0.2, 0.25) is 0 Å². The lowest BCUT2D eigenvalue weighted by Crippen LogP contribution is -2.59. The smallest absolute Gasteiger partial charge is 0.381 e. The number of nitrogens with one attached hydrogen (secondary N) is 5. The lowest BCUT2D eigenvalue weighted by atomic mass is 9.82. The summed E-state index contributed by atoms with van der Waals surface area (Å²) in [6.07, 6.45) is 6.07. The number of ether oxygens (including phenoxy) is 2. The van der Waals surface area contributed by atoms with Crippen LogP contribution in [0.15, 0.2) is 49.1 Å². The maximum atomic E-state index is 14.1. The normalized spacial score (nSPS) is 24.4. The maximum Gasteiger partial charge on any atom is 0.416 e. The molecule has 6 amide bonds. The Bertz CT molecular complexity index is 2410. The molecule has 0 radical (unpaired) electrons. The molecule has 2 aromatic heterocycles. The van der Waals surface area contributed by atoms with E-state index in [1.165, 1.54) is 12.4 Å². The highest BCUT2D eigenvalue weighted by Crippen LogP contribution is 2.38. The van der Waals surface area contributed by atoms with E-state index in [0.717, 1.165) is 24.1 Å². The van der Waals surface area contributed by atoms with Crippen LogP contribution in [0.1, 0.15) is 108 Å². The lowest BCUT2D eigenvalue weighted by Gasteiger charge is -2.45. The molecule has 4 heterocycles. The summed E-state index contributed by atoms with van der Waals surface area (Å²) in [6.45, 7) is 6.31. The number of rotatable bonds is 23. The van der Waals surface area contributed by atoms with Crippen LogP contribution in [-0.2, 0) is 44.4 Å². The fraction of sp³-hybridized carbons (Fsp3) is 0.635. The van der Waals surface area contributed by atoms with Gasteiger partial charge in [0.1, 0.15) is 18.2 Å². The van der Waals surface area contributed by atoms with Crippen molar-refractivity contribution in [2.24, 2.45) is 11.8 Å². The third-order valence-corrected chi connectivity index (χ3v) is 15.1. The van der Waals surface area contributed by atoms with Gasteiger partial charge in [-0.15, -0.1) is 0 Å². The number of aromatic nitrogens is 3. The third-order valence-electron chi connectivity index (χ3n) is 15.1. The predicted molar refractivity (Wildman–Crippen MR) is 268 cm³/mol. The first kappa shape index (κ1) is 55.7. The maximum absolute atomic E-state index is 14.1. The number of halogens is 3. The predicted octanol–water partition coefficient (Wildman–Crippen LogP) is 4.13. The Hall–Kier alpha value is -6.00. The second kappa shape index (κ2) is 26.0. The highest BCUT2D eigenvalue weighted by molar-refractivity contribution is 5.93. The molecular formula is C52H72F3N11O8. The molecule has 2 saturated carbocycles. The second-order valence-electron chi connectivity index (χ2n) is 20.3. The Labute approximate surface area is 430 Å². The van der Waals surface area contributed by atoms with Gasteiger partial charge in [-0.25, -0.2) is 9.97 Å². The molecule has 7 rings (SSSR count). The number of pyridine rings is 1. The highest BCUT2D eigenvalue weighted by Gasteiger charge is 2.45. The van der Waals surface area contributed by atoms with Crippen LogP contribution in [0.5, 0.6) is 0 Å². The first-order valence-corrected chi connectivity index (χ1v) is 26.0. The molecule has 5 N–H and O–H groups in total. The Morgan fingerprint density at radius 3 is 2.35 bits per heavy atom. The van der Waals surface area contributed by atoms with Gasteiger partial charge in [0.05, 0.1) is 54.9 Å². The topological polar surface area (TPSA) is 229 Å². The molecular weight excluding hydrogens is 964 g/mol. The van der Waals surface area contributed by atoms with Gasteiger partial charge in [0, 0.05) is 94.4 Å². The van der Waals surface area contributed by atoms with Gasteiger partial charge < -0.3 is 50.8 Å². The number of fused-ring (bicyclic) bond motifs is 1. The number of hydrogen-bond acceptors (Lipinski definition) is 13. The number of amides is 6. The van der Waals surface area contributed by atoms with Gasteiger partial charge in [-0.2, -0.15) is 13.2 Å². The molecule has 2 aliphatic carbocycles. The molecule has 2 saturated heterocycles. The number of carbonyl (C=O) groups is 6. The van der Waals surface area contributed by atoms with Crippen molar-refractivity contribution in [3.8, 4) is 0 Å². The Morgan fingerprint density at radius 2 is 1.62 bits per heavy atom. The van der Waals surface area contributed by atoms with E-state index < -0.39 is 23.7 Å². The summed E-state index contributed by atoms with van der Waals surface area (Å²) in [5.41, 5.74) is 0.309. The van der Waals surface area contributed by atoms with Gasteiger partial charge in [0.25, 0.3) is 0 Å². The van der Waals surface area contributed by atoms with Crippen molar-refractivity contribution in [3.63, 3.8) is 0 Å². The van der Waals surface area contributed by atoms with Gasteiger partial charge in [0.2, 0.25) is 35.4 Å². The standard InChI is InChI=1S/C52H72F3N11O8/c1-32(2)64(3)37-13-15-43(66-22-16-41(51(66)72)62-48-38-27-35(52(53,54)55)10-14-40(38)59-31-60-48)42(28-37)63-49(70)33-8-11-36(12-9-33)61-45(68)18-25-74-26-21-57-44(67)17-24-73-23-6-20-58-50(71)39-29-46(69)65(4)47(39)34-7-5-19-56-30-34/h5,7,10,14,19,27,30-33,36-37,39,41-43,47H,6,8-9,11-13,15-18,20-26,28-29H2,1-4H3,(H,57,67)(H,58,71)(H,61,68)(H,63,70)(H,59,60,62)/t33?,36?,37-,39+,41+,42-,43+,47-/m1/s1. The number of benzene rings is 1. The summed E-state index contributed by atoms with van der Waals surface area (Å²) in [5, 5.41) is 15.4. The molecule has 0 bridgehead atoms. The summed E-state index contributed by atoms with van der Waals surface area (Å²) in [6, 6.07) is 5.66. The van der Waals surface area contributed by atoms with Crippen LogP contribution in [-0.4, -0.2) is 162 Å². The number of alkyl halides is 3. The first-order valence-electron chi connectivity index (χ1n) is 26.0. The van der Waals surface area contributed by atoms with Crippen molar-refractivity contribution in [2.45, 2.75) is 139 Å². The Morgan fingerprint density at radius 1 is 0.865 bits per heavy atom. The van der Waals surface area contributed by atoms with Crippen molar-refractivity contribution in [1.82, 2.24) is 50.9 Å². The minimum absolute atomic E-state index is 0.0673. The molecule has 404 valence electrons. The van der Waals surface area contributed by atoms with Crippen LogP contribution in [0, 0.1) is 11.8 Å². The minimum atomic E-state index is -4.55. The van der Waals surface area contributed by atoms with Crippen LogP contribution < -0.4 is 26.6 Å². The molecule has 6 atom stereocenters. The Balaban J connectivity index is 0.760. The number of carbonyl (C=O) groups excluding carboxylic acids is 6. The van der Waals surface area contributed by atoms with Crippen molar-refractivity contribution >= 4 is 52.2 Å². The average Bonchev–Trinajstić information content (AvgIpc) is 3.90. The van der Waals surface area contributed by atoms with Crippen molar-refractivity contribution in [3.05, 3.63) is 60.2 Å². The number of hydrogen-bond donors (Lipinski definition) is 5. The van der Waals surface area contributed by atoms with E-state index in [0.29, 0.717) is 76.6 Å². The van der Waals surface area contributed by atoms with E-state index in [2.05, 4.69) is 67.3 Å². The fourth-order valence-electron chi connectivity index (χ4n) is 10.7.